The molecule has 0 spiro atoms. The zero-order valence-electron chi connectivity index (χ0n) is 10.9. The van der Waals surface area contributed by atoms with Crippen LogP contribution in [0.15, 0.2) is 18.3 Å². The topological polar surface area (TPSA) is 54.0 Å². The Morgan fingerprint density at radius 2 is 2.00 bits per heavy atom. The normalized spacial score (nSPS) is 10.7. The molecule has 17 heavy (non-hydrogen) atoms. The second kappa shape index (κ2) is 6.23. The first kappa shape index (κ1) is 13.5. The zero-order valence-corrected chi connectivity index (χ0v) is 10.9. The largest absolute Gasteiger partial charge is 0.370 e. The second-order valence-corrected chi connectivity index (χ2v) is 4.85. The van der Waals surface area contributed by atoms with Gasteiger partial charge in [-0.05, 0) is 18.1 Å². The summed E-state index contributed by atoms with van der Waals surface area (Å²) in [7, 11) is 0. The van der Waals surface area contributed by atoms with Crippen molar-refractivity contribution >= 4 is 17.4 Å². The summed E-state index contributed by atoms with van der Waals surface area (Å²) in [6, 6.07) is 3.73. The molecule has 0 radical (unpaired) electrons. The fraction of sp³-hybridized carbons (Fsp3) is 0.538. The Hall–Kier alpha value is -1.58. The highest BCUT2D eigenvalue weighted by Gasteiger charge is 2.06. The van der Waals surface area contributed by atoms with E-state index in [-0.39, 0.29) is 11.8 Å². The maximum atomic E-state index is 11.5. The molecule has 1 aromatic rings. The minimum absolute atomic E-state index is 0.00897. The highest BCUT2D eigenvalue weighted by atomic mass is 16.1. The van der Waals surface area contributed by atoms with Gasteiger partial charge in [-0.25, -0.2) is 4.98 Å². The van der Waals surface area contributed by atoms with Crippen LogP contribution in [0.25, 0.3) is 0 Å². The average Bonchev–Trinajstić information content (AvgIpc) is 2.28. The number of nitrogens with one attached hydrogen (secondary N) is 2. The van der Waals surface area contributed by atoms with E-state index in [1.165, 1.54) is 0 Å². The number of pyridine rings is 1. The lowest BCUT2D eigenvalue weighted by Gasteiger charge is -2.10. The van der Waals surface area contributed by atoms with E-state index in [1.807, 2.05) is 26.0 Å². The van der Waals surface area contributed by atoms with Crippen LogP contribution in [-0.2, 0) is 4.79 Å². The molecule has 0 aliphatic carbocycles. The molecule has 1 heterocycles. The van der Waals surface area contributed by atoms with Gasteiger partial charge in [-0.3, -0.25) is 4.79 Å². The number of carbonyl (C=O) groups is 1. The van der Waals surface area contributed by atoms with E-state index >= 15 is 0 Å². The summed E-state index contributed by atoms with van der Waals surface area (Å²) >= 11 is 0. The van der Waals surface area contributed by atoms with Crippen LogP contribution in [0.1, 0.15) is 27.7 Å². The number of carbonyl (C=O) groups excluding carboxylic acids is 1. The van der Waals surface area contributed by atoms with E-state index in [9.17, 15) is 4.79 Å². The summed E-state index contributed by atoms with van der Waals surface area (Å²) in [5.41, 5.74) is 0.735. The summed E-state index contributed by atoms with van der Waals surface area (Å²) in [4.78, 5) is 15.7. The summed E-state index contributed by atoms with van der Waals surface area (Å²) in [5, 5.41) is 6.03. The quantitative estimate of drug-likeness (QED) is 0.825. The van der Waals surface area contributed by atoms with Gasteiger partial charge in [0.1, 0.15) is 5.82 Å². The van der Waals surface area contributed by atoms with Crippen LogP contribution >= 0.6 is 0 Å². The Morgan fingerprint density at radius 1 is 1.29 bits per heavy atom. The lowest BCUT2D eigenvalue weighted by Crippen LogP contribution is -2.18. The number of hydrogen-bond donors (Lipinski definition) is 2. The molecular formula is C13H21N3O. The summed E-state index contributed by atoms with van der Waals surface area (Å²) in [6.07, 6.45) is 1.67. The SMILES string of the molecule is CC(C)CNc1ccc(NC(=O)C(C)C)cn1. The number of aromatic nitrogens is 1. The number of rotatable bonds is 5. The molecule has 0 saturated carbocycles. The van der Waals surface area contributed by atoms with Crippen molar-refractivity contribution in [3.63, 3.8) is 0 Å². The van der Waals surface area contributed by atoms with Gasteiger partial charge in [-0.1, -0.05) is 27.7 Å². The van der Waals surface area contributed by atoms with Crippen molar-refractivity contribution in [1.82, 2.24) is 4.98 Å². The second-order valence-electron chi connectivity index (χ2n) is 4.85. The third-order valence-electron chi connectivity index (χ3n) is 2.25. The van der Waals surface area contributed by atoms with Gasteiger partial charge >= 0.3 is 0 Å². The number of nitrogens with zero attached hydrogens (tertiary/aromatic N) is 1. The molecule has 0 atom stereocenters. The number of anilines is 2. The van der Waals surface area contributed by atoms with Crippen LogP contribution in [-0.4, -0.2) is 17.4 Å². The summed E-state index contributed by atoms with van der Waals surface area (Å²) < 4.78 is 0. The molecule has 0 fully saturated rings. The highest BCUT2D eigenvalue weighted by Crippen LogP contribution is 2.11. The number of hydrogen-bond acceptors (Lipinski definition) is 3. The van der Waals surface area contributed by atoms with Crippen LogP contribution in [0.2, 0.25) is 0 Å². The first-order chi connectivity index (χ1) is 7.99. The Balaban J connectivity index is 2.53. The highest BCUT2D eigenvalue weighted by molar-refractivity contribution is 5.91. The van der Waals surface area contributed by atoms with Crippen molar-refractivity contribution in [1.29, 1.82) is 0 Å². The average molecular weight is 235 g/mol. The molecular weight excluding hydrogens is 214 g/mol. The molecule has 4 nitrogen and oxygen atoms in total. The molecule has 4 heteroatoms. The molecule has 0 saturated heterocycles. The zero-order chi connectivity index (χ0) is 12.8. The fourth-order valence-electron chi connectivity index (χ4n) is 1.17. The van der Waals surface area contributed by atoms with Gasteiger partial charge in [0.25, 0.3) is 0 Å². The van der Waals surface area contributed by atoms with Crippen molar-refractivity contribution in [3.8, 4) is 0 Å². The van der Waals surface area contributed by atoms with Gasteiger partial charge in [0.2, 0.25) is 5.91 Å². The molecule has 0 aliphatic heterocycles. The maximum Gasteiger partial charge on any atom is 0.226 e. The molecule has 2 N–H and O–H groups in total. The smallest absolute Gasteiger partial charge is 0.226 e. The Morgan fingerprint density at radius 3 is 2.47 bits per heavy atom. The lowest BCUT2D eigenvalue weighted by molar-refractivity contribution is -0.118. The summed E-state index contributed by atoms with van der Waals surface area (Å²) in [5.74, 6) is 1.40. The minimum Gasteiger partial charge on any atom is -0.370 e. The van der Waals surface area contributed by atoms with E-state index in [1.54, 1.807) is 6.20 Å². The molecule has 0 aliphatic rings. The molecule has 0 aromatic carbocycles. The van der Waals surface area contributed by atoms with Crippen molar-refractivity contribution in [3.05, 3.63) is 18.3 Å². The van der Waals surface area contributed by atoms with Gasteiger partial charge in [-0.2, -0.15) is 0 Å². The van der Waals surface area contributed by atoms with Crippen LogP contribution in [0, 0.1) is 11.8 Å². The van der Waals surface area contributed by atoms with E-state index in [4.69, 9.17) is 0 Å². The predicted molar refractivity (Wildman–Crippen MR) is 71.0 cm³/mol. The van der Waals surface area contributed by atoms with Gasteiger partial charge in [0.15, 0.2) is 0 Å². The van der Waals surface area contributed by atoms with Gasteiger partial charge in [0.05, 0.1) is 11.9 Å². The van der Waals surface area contributed by atoms with Crippen LogP contribution in [0.5, 0.6) is 0 Å². The van der Waals surface area contributed by atoms with Crippen LogP contribution in [0.3, 0.4) is 0 Å². The van der Waals surface area contributed by atoms with Crippen molar-refractivity contribution in [2.45, 2.75) is 27.7 Å². The first-order valence-corrected chi connectivity index (χ1v) is 6.00. The van der Waals surface area contributed by atoms with E-state index in [0.29, 0.717) is 5.92 Å². The van der Waals surface area contributed by atoms with Crippen molar-refractivity contribution in [2.75, 3.05) is 17.2 Å². The van der Waals surface area contributed by atoms with Crippen molar-refractivity contribution < 1.29 is 4.79 Å². The summed E-state index contributed by atoms with van der Waals surface area (Å²) in [6.45, 7) is 8.90. The standard InChI is InChI=1S/C13H21N3O/c1-9(2)7-14-12-6-5-11(8-15-12)16-13(17)10(3)4/h5-6,8-10H,7H2,1-4H3,(H,14,15)(H,16,17). The van der Waals surface area contributed by atoms with E-state index in [0.717, 1.165) is 18.1 Å². The van der Waals surface area contributed by atoms with Crippen molar-refractivity contribution in [2.24, 2.45) is 11.8 Å². The molecule has 1 rings (SSSR count). The molecule has 0 unspecified atom stereocenters. The maximum absolute atomic E-state index is 11.5. The molecule has 0 bridgehead atoms. The molecule has 1 amide bonds. The van der Waals surface area contributed by atoms with Gasteiger partial charge in [0, 0.05) is 12.5 Å². The van der Waals surface area contributed by atoms with Gasteiger partial charge < -0.3 is 10.6 Å². The minimum atomic E-state index is -0.0197. The number of amides is 1. The fourth-order valence-corrected chi connectivity index (χ4v) is 1.17. The Bertz CT molecular complexity index is 357. The predicted octanol–water partition coefficient (Wildman–Crippen LogP) is 2.74. The first-order valence-electron chi connectivity index (χ1n) is 6.00. The Kier molecular flexibility index (Phi) is 4.94. The van der Waals surface area contributed by atoms with Crippen LogP contribution in [0.4, 0.5) is 11.5 Å². The van der Waals surface area contributed by atoms with Gasteiger partial charge in [-0.15, -0.1) is 0 Å². The van der Waals surface area contributed by atoms with Crippen LogP contribution < -0.4 is 10.6 Å². The molecule has 1 aromatic heterocycles. The Labute approximate surface area is 103 Å². The molecule has 94 valence electrons. The third-order valence-corrected chi connectivity index (χ3v) is 2.25. The monoisotopic (exact) mass is 235 g/mol. The third kappa shape index (κ3) is 4.85. The van der Waals surface area contributed by atoms with E-state index < -0.39 is 0 Å². The lowest BCUT2D eigenvalue weighted by atomic mass is 10.2. The van der Waals surface area contributed by atoms with E-state index in [2.05, 4.69) is 29.5 Å².